The highest BCUT2D eigenvalue weighted by Gasteiger charge is 2.20. The van der Waals surface area contributed by atoms with E-state index in [1.54, 1.807) is 22.8 Å². The number of hydrogen-bond donors (Lipinski definition) is 3. The average molecular weight is 471 g/mol. The minimum atomic E-state index is -0.991. The van der Waals surface area contributed by atoms with E-state index in [2.05, 4.69) is 15.3 Å². The van der Waals surface area contributed by atoms with Gasteiger partial charge in [-0.25, -0.2) is 4.79 Å². The molecule has 0 aliphatic rings. The molecule has 168 valence electrons. The van der Waals surface area contributed by atoms with Gasteiger partial charge in [0.15, 0.2) is 11.2 Å². The van der Waals surface area contributed by atoms with Crippen LogP contribution in [-0.4, -0.2) is 69.0 Å². The van der Waals surface area contributed by atoms with Crippen LogP contribution in [0.15, 0.2) is 27.8 Å². The Kier molecular flexibility index (Phi) is 7.26. The maximum Gasteiger partial charge on any atom is 0.329 e. The first-order valence-electron chi connectivity index (χ1n) is 9.51. The van der Waals surface area contributed by atoms with Crippen molar-refractivity contribution in [2.75, 3.05) is 39.1 Å². The second-order valence-electron chi connectivity index (χ2n) is 7.31. The summed E-state index contributed by atoms with van der Waals surface area (Å²) in [6, 6.07) is 4.78. The molecule has 0 bridgehead atoms. The molecule has 3 rings (SSSR count). The van der Waals surface area contributed by atoms with Gasteiger partial charge in [0, 0.05) is 25.2 Å². The molecular formula is C19H24Cl2N6O4. The summed E-state index contributed by atoms with van der Waals surface area (Å²) < 4.78 is 8.39. The molecule has 1 aromatic carbocycles. The van der Waals surface area contributed by atoms with E-state index in [0.29, 0.717) is 28.3 Å². The van der Waals surface area contributed by atoms with Gasteiger partial charge in [0.05, 0.1) is 11.6 Å². The molecule has 12 heteroatoms. The van der Waals surface area contributed by atoms with Gasteiger partial charge in [-0.2, -0.15) is 4.98 Å². The quantitative estimate of drug-likeness (QED) is 0.429. The zero-order valence-corrected chi connectivity index (χ0v) is 18.9. The number of halogens is 2. The van der Waals surface area contributed by atoms with E-state index in [0.717, 1.165) is 6.54 Å². The Bertz CT molecular complexity index is 1190. The van der Waals surface area contributed by atoms with Gasteiger partial charge in [-0.05, 0) is 32.3 Å². The fourth-order valence-electron chi connectivity index (χ4n) is 2.98. The molecule has 1 atom stereocenters. The zero-order valence-electron chi connectivity index (χ0n) is 17.4. The van der Waals surface area contributed by atoms with E-state index in [-0.39, 0.29) is 24.3 Å². The first-order chi connectivity index (χ1) is 14.7. The molecule has 3 N–H and O–H groups in total. The number of nitrogens with one attached hydrogen (secondary N) is 2. The van der Waals surface area contributed by atoms with Crippen molar-refractivity contribution in [3.63, 3.8) is 0 Å². The number of fused-ring (bicyclic) bond motifs is 1. The maximum absolute atomic E-state index is 12.5. The van der Waals surface area contributed by atoms with Crippen molar-refractivity contribution in [1.29, 1.82) is 0 Å². The summed E-state index contributed by atoms with van der Waals surface area (Å²) in [6.45, 7) is 1.20. The normalized spacial score (nSPS) is 12.5. The van der Waals surface area contributed by atoms with E-state index in [1.807, 2.05) is 19.0 Å². The SMILES string of the molecule is CN(C)CCNc1nc2c(c(=O)[nH]c(=O)n2C)n1C[C@@H](O)COc1ccc(Cl)cc1Cl. The number of likely N-dealkylation sites (N-methyl/N-ethyl adjacent to an activating group) is 1. The number of anilines is 1. The van der Waals surface area contributed by atoms with Crippen molar-refractivity contribution in [2.45, 2.75) is 12.6 Å². The molecule has 0 unspecified atom stereocenters. The highest BCUT2D eigenvalue weighted by molar-refractivity contribution is 6.35. The number of aromatic amines is 1. The summed E-state index contributed by atoms with van der Waals surface area (Å²) in [6.07, 6.45) is -0.991. The van der Waals surface area contributed by atoms with Crippen molar-refractivity contribution in [3.05, 3.63) is 49.1 Å². The zero-order chi connectivity index (χ0) is 22.7. The summed E-state index contributed by atoms with van der Waals surface area (Å²) >= 11 is 12.0. The van der Waals surface area contributed by atoms with E-state index in [1.165, 1.54) is 11.6 Å². The summed E-state index contributed by atoms with van der Waals surface area (Å²) in [7, 11) is 5.38. The summed E-state index contributed by atoms with van der Waals surface area (Å²) in [5.41, 5.74) is -0.753. The molecule has 0 aliphatic carbocycles. The number of aliphatic hydroxyl groups is 1. The van der Waals surface area contributed by atoms with Gasteiger partial charge in [-0.15, -0.1) is 0 Å². The summed E-state index contributed by atoms with van der Waals surface area (Å²) in [5.74, 6) is 0.748. The number of hydrogen-bond acceptors (Lipinski definition) is 7. The lowest BCUT2D eigenvalue weighted by Gasteiger charge is -2.17. The second-order valence-corrected chi connectivity index (χ2v) is 8.15. The number of benzene rings is 1. The maximum atomic E-state index is 12.5. The van der Waals surface area contributed by atoms with Crippen LogP contribution in [0.3, 0.4) is 0 Å². The van der Waals surface area contributed by atoms with Gasteiger partial charge < -0.3 is 24.6 Å². The monoisotopic (exact) mass is 470 g/mol. The third kappa shape index (κ3) is 5.40. The Morgan fingerprint density at radius 1 is 1.32 bits per heavy atom. The van der Waals surface area contributed by atoms with Gasteiger partial charge >= 0.3 is 5.69 Å². The Hall–Kier alpha value is -2.53. The van der Waals surface area contributed by atoms with Crippen LogP contribution in [0.4, 0.5) is 5.95 Å². The van der Waals surface area contributed by atoms with Crippen LogP contribution in [0.2, 0.25) is 10.0 Å². The molecule has 0 saturated heterocycles. The topological polar surface area (TPSA) is 117 Å². The molecule has 3 aromatic rings. The Labute approximate surface area is 188 Å². The van der Waals surface area contributed by atoms with Gasteiger partial charge in [0.25, 0.3) is 5.56 Å². The molecular weight excluding hydrogens is 447 g/mol. The highest BCUT2D eigenvalue weighted by atomic mass is 35.5. The van der Waals surface area contributed by atoms with Crippen molar-refractivity contribution in [2.24, 2.45) is 7.05 Å². The molecule has 10 nitrogen and oxygen atoms in total. The molecule has 0 radical (unpaired) electrons. The third-order valence-corrected chi connectivity index (χ3v) is 5.10. The first kappa shape index (κ1) is 23.1. The van der Waals surface area contributed by atoms with Crippen LogP contribution >= 0.6 is 23.2 Å². The fraction of sp³-hybridized carbons (Fsp3) is 0.421. The van der Waals surface area contributed by atoms with Crippen LogP contribution in [0, 0.1) is 0 Å². The van der Waals surface area contributed by atoms with Crippen molar-refractivity contribution >= 4 is 40.3 Å². The molecule has 31 heavy (non-hydrogen) atoms. The third-order valence-electron chi connectivity index (χ3n) is 4.57. The molecule has 0 spiro atoms. The molecule has 2 aromatic heterocycles. The van der Waals surface area contributed by atoms with Gasteiger partial charge in [-0.3, -0.25) is 14.3 Å². The number of rotatable bonds is 9. The molecule has 0 saturated carbocycles. The lowest BCUT2D eigenvalue weighted by molar-refractivity contribution is 0.0939. The lowest BCUT2D eigenvalue weighted by atomic mass is 10.3. The van der Waals surface area contributed by atoms with E-state index in [4.69, 9.17) is 27.9 Å². The van der Waals surface area contributed by atoms with Crippen LogP contribution < -0.4 is 21.3 Å². The number of ether oxygens (including phenoxy) is 1. The number of aromatic nitrogens is 4. The number of aryl methyl sites for hydroxylation is 1. The predicted octanol–water partition coefficient (Wildman–Crippen LogP) is 1.14. The van der Waals surface area contributed by atoms with E-state index >= 15 is 0 Å². The van der Waals surface area contributed by atoms with Crippen LogP contribution in [-0.2, 0) is 13.6 Å². The fourth-order valence-corrected chi connectivity index (χ4v) is 3.44. The number of imidazole rings is 1. The van der Waals surface area contributed by atoms with Crippen LogP contribution in [0.25, 0.3) is 11.2 Å². The Morgan fingerprint density at radius 3 is 2.74 bits per heavy atom. The highest BCUT2D eigenvalue weighted by Crippen LogP contribution is 2.27. The lowest BCUT2D eigenvalue weighted by Crippen LogP contribution is -2.31. The van der Waals surface area contributed by atoms with Gasteiger partial charge in [0.1, 0.15) is 18.5 Å². The summed E-state index contributed by atoms with van der Waals surface area (Å²) in [5, 5.41) is 14.5. The van der Waals surface area contributed by atoms with Crippen LogP contribution in [0.5, 0.6) is 5.75 Å². The smallest absolute Gasteiger partial charge is 0.329 e. The Balaban J connectivity index is 1.86. The van der Waals surface area contributed by atoms with Crippen molar-refractivity contribution in [3.8, 4) is 5.75 Å². The number of H-pyrrole nitrogens is 1. The van der Waals surface area contributed by atoms with Gasteiger partial charge in [0.2, 0.25) is 5.95 Å². The van der Waals surface area contributed by atoms with E-state index in [9.17, 15) is 14.7 Å². The molecule has 0 aliphatic heterocycles. The first-order valence-corrected chi connectivity index (χ1v) is 10.3. The standard InChI is InChI=1S/C19H24Cl2N6O4/c1-25(2)7-6-22-18-23-16-15(17(29)24-19(30)26(16)3)27(18)9-12(28)10-31-14-5-4-11(20)8-13(14)21/h4-5,8,12,28H,6-7,9-10H2,1-3H3,(H,22,23)(H,24,29,30)/t12-/m1/s1. The average Bonchev–Trinajstić information content (AvgIpc) is 3.04. The van der Waals surface area contributed by atoms with Crippen molar-refractivity contribution < 1.29 is 9.84 Å². The van der Waals surface area contributed by atoms with Gasteiger partial charge in [-0.1, -0.05) is 23.2 Å². The van der Waals surface area contributed by atoms with Crippen molar-refractivity contribution in [1.82, 2.24) is 24.0 Å². The number of nitrogens with zero attached hydrogens (tertiary/aromatic N) is 4. The molecule has 0 amide bonds. The predicted molar refractivity (Wildman–Crippen MR) is 121 cm³/mol. The van der Waals surface area contributed by atoms with E-state index < -0.39 is 17.4 Å². The molecule has 2 heterocycles. The summed E-state index contributed by atoms with van der Waals surface area (Å²) in [4.78, 5) is 33.1. The second kappa shape index (κ2) is 9.73. The van der Waals surface area contributed by atoms with Crippen LogP contribution in [0.1, 0.15) is 0 Å². The number of aliphatic hydroxyl groups excluding tert-OH is 1. The largest absolute Gasteiger partial charge is 0.489 e. The Morgan fingerprint density at radius 2 is 2.06 bits per heavy atom. The minimum Gasteiger partial charge on any atom is -0.489 e. The minimum absolute atomic E-state index is 0.00723. The molecule has 0 fully saturated rings.